The summed E-state index contributed by atoms with van der Waals surface area (Å²) in [5, 5.41) is 5.58. The second-order valence-corrected chi connectivity index (χ2v) is 16.8. The fourth-order valence-corrected chi connectivity index (χ4v) is 8.34. The van der Waals surface area contributed by atoms with Crippen LogP contribution in [0.1, 0.15) is 133 Å². The van der Waals surface area contributed by atoms with Gasteiger partial charge in [0.2, 0.25) is 11.8 Å². The van der Waals surface area contributed by atoms with E-state index in [0.717, 1.165) is 42.8 Å². The number of Topliss-reactive ketones (excluding diaryl/α,β-unsaturated/α-hetero) is 1. The van der Waals surface area contributed by atoms with Gasteiger partial charge in [-0.2, -0.15) is 0 Å². The van der Waals surface area contributed by atoms with Crippen molar-refractivity contribution in [1.82, 2.24) is 25.5 Å². The zero-order chi connectivity index (χ0) is 40.7. The smallest absolute Gasteiger partial charge is 0.307 e. The van der Waals surface area contributed by atoms with Crippen molar-refractivity contribution in [3.8, 4) is 0 Å². The standard InChI is InChI=1S/C42H66N6O6S/c1-9-16-38(50)54-26-48(42(53)33(28(5)10-2)24-37(49)35-19-14-15-20-47(35)8)36(27(3)4)22-30(7)41-45-34(25-55-41)40(52)44-32(21-29(6)39(51)46-43)23-31-17-12-11-13-18-31/h11-13,17-18,25,27-30,32-33,35-36H,9-10,14-16,19-24,26,43H2,1-8H3,(H,44,52)(H,46,51)/t28?,29-,30+,32+,33-,35+,36+/m0/s1. The molecule has 7 atom stereocenters. The van der Waals surface area contributed by atoms with Crippen molar-refractivity contribution >= 4 is 40.8 Å². The molecule has 1 saturated heterocycles. The van der Waals surface area contributed by atoms with Gasteiger partial charge in [0.1, 0.15) is 5.69 Å². The van der Waals surface area contributed by atoms with Crippen LogP contribution in [0.25, 0.3) is 0 Å². The van der Waals surface area contributed by atoms with Gasteiger partial charge in [-0.05, 0) is 69.5 Å². The van der Waals surface area contributed by atoms with E-state index in [9.17, 15) is 24.0 Å². The lowest BCUT2D eigenvalue weighted by atomic mass is 9.82. The molecule has 1 fully saturated rings. The molecule has 3 rings (SSSR count). The number of hydrogen-bond donors (Lipinski definition) is 3. The Balaban J connectivity index is 1.84. The second-order valence-electron chi connectivity index (χ2n) is 15.9. The fourth-order valence-electron chi connectivity index (χ4n) is 7.47. The first-order valence-electron chi connectivity index (χ1n) is 20.2. The summed E-state index contributed by atoms with van der Waals surface area (Å²) in [6, 6.07) is 8.91. The van der Waals surface area contributed by atoms with Gasteiger partial charge < -0.3 is 15.0 Å². The van der Waals surface area contributed by atoms with E-state index >= 15 is 0 Å². The summed E-state index contributed by atoms with van der Waals surface area (Å²) in [7, 11) is 1.98. The Labute approximate surface area is 332 Å². The number of carbonyl (C=O) groups excluding carboxylic acids is 5. The van der Waals surface area contributed by atoms with Crippen LogP contribution in [-0.2, 0) is 30.3 Å². The topological polar surface area (TPSA) is 164 Å². The van der Waals surface area contributed by atoms with E-state index in [-0.39, 0.29) is 90.6 Å². The maximum Gasteiger partial charge on any atom is 0.307 e. The molecule has 1 unspecified atom stereocenters. The van der Waals surface area contributed by atoms with Gasteiger partial charge in [-0.3, -0.25) is 34.3 Å². The Morgan fingerprint density at radius 2 is 1.75 bits per heavy atom. The van der Waals surface area contributed by atoms with Crippen LogP contribution < -0.4 is 16.6 Å². The average molecular weight is 783 g/mol. The summed E-state index contributed by atoms with van der Waals surface area (Å²) < 4.78 is 5.73. The van der Waals surface area contributed by atoms with E-state index in [4.69, 9.17) is 15.6 Å². The number of ketones is 1. The molecule has 3 amide bonds. The molecule has 13 heteroatoms. The minimum Gasteiger partial charge on any atom is -0.444 e. The predicted molar refractivity (Wildman–Crippen MR) is 217 cm³/mol. The van der Waals surface area contributed by atoms with Crippen molar-refractivity contribution in [3.63, 3.8) is 0 Å². The highest BCUT2D eigenvalue weighted by molar-refractivity contribution is 7.09. The van der Waals surface area contributed by atoms with Gasteiger partial charge in [0.05, 0.1) is 11.0 Å². The molecular weight excluding hydrogens is 717 g/mol. The van der Waals surface area contributed by atoms with Crippen LogP contribution in [0.2, 0.25) is 0 Å². The number of likely N-dealkylation sites (N-methyl/N-ethyl adjacent to an activating group) is 1. The minimum atomic E-state index is -0.549. The van der Waals surface area contributed by atoms with E-state index < -0.39 is 11.8 Å². The largest absolute Gasteiger partial charge is 0.444 e. The lowest BCUT2D eigenvalue weighted by Crippen LogP contribution is -2.50. The quantitative estimate of drug-likeness (QED) is 0.0412. The Bertz CT molecular complexity index is 1540. The molecule has 0 aliphatic carbocycles. The number of likely N-dealkylation sites (tertiary alicyclic amines) is 1. The van der Waals surface area contributed by atoms with Gasteiger partial charge in [0, 0.05) is 48.1 Å². The maximum absolute atomic E-state index is 14.7. The Hall–Kier alpha value is -3.68. The van der Waals surface area contributed by atoms with Crippen LogP contribution >= 0.6 is 11.3 Å². The number of aromatic nitrogens is 1. The van der Waals surface area contributed by atoms with Crippen LogP contribution in [0.15, 0.2) is 35.7 Å². The van der Waals surface area contributed by atoms with E-state index in [1.54, 1.807) is 17.2 Å². The third kappa shape index (κ3) is 13.8. The van der Waals surface area contributed by atoms with Crippen LogP contribution in [0, 0.1) is 23.7 Å². The number of rotatable bonds is 22. The first-order valence-corrected chi connectivity index (χ1v) is 21.1. The molecule has 0 spiro atoms. The second kappa shape index (κ2) is 22.8. The van der Waals surface area contributed by atoms with Gasteiger partial charge in [0.25, 0.3) is 5.91 Å². The number of nitrogens with two attached hydrogens (primary N) is 1. The number of nitrogens with one attached hydrogen (secondary N) is 2. The lowest BCUT2D eigenvalue weighted by Gasteiger charge is -2.39. The Morgan fingerprint density at radius 3 is 2.36 bits per heavy atom. The molecule has 4 N–H and O–H groups in total. The Kier molecular flexibility index (Phi) is 18.9. The van der Waals surface area contributed by atoms with Crippen molar-refractivity contribution in [2.45, 2.75) is 137 Å². The molecule has 1 aromatic heterocycles. The highest BCUT2D eigenvalue weighted by Crippen LogP contribution is 2.32. The fraction of sp³-hybridized carbons (Fsp3) is 0.667. The monoisotopic (exact) mass is 782 g/mol. The minimum absolute atomic E-state index is 0.0109. The maximum atomic E-state index is 14.7. The molecule has 12 nitrogen and oxygen atoms in total. The molecule has 0 bridgehead atoms. The van der Waals surface area contributed by atoms with Crippen molar-refractivity contribution in [2.24, 2.45) is 29.5 Å². The SMILES string of the molecule is CCCC(=O)OCN(C(=O)[C@@H](CC(=O)[C@H]1CCCCN1C)C(C)CC)[C@H](C[C@@H](C)c1nc(C(=O)N[C@@H](Cc2ccccc2)C[C@H](C)C(=O)NN)cs1)C(C)C. The number of ether oxygens (including phenoxy) is 1. The van der Waals surface area contributed by atoms with Crippen molar-refractivity contribution in [1.29, 1.82) is 0 Å². The first kappa shape index (κ1) is 45.7. The Morgan fingerprint density at radius 1 is 1.04 bits per heavy atom. The predicted octanol–water partition coefficient (Wildman–Crippen LogP) is 6.25. The van der Waals surface area contributed by atoms with Crippen LogP contribution in [0.5, 0.6) is 0 Å². The number of hydrogen-bond acceptors (Lipinski definition) is 10. The van der Waals surface area contributed by atoms with Crippen molar-refractivity contribution in [2.75, 3.05) is 20.3 Å². The van der Waals surface area contributed by atoms with Gasteiger partial charge in [-0.1, -0.05) is 91.6 Å². The third-order valence-corrected chi connectivity index (χ3v) is 12.2. The highest BCUT2D eigenvalue weighted by Gasteiger charge is 2.38. The zero-order valence-electron chi connectivity index (χ0n) is 34.3. The number of benzene rings is 1. The molecule has 55 heavy (non-hydrogen) atoms. The number of piperidine rings is 1. The number of nitrogens with zero attached hydrogens (tertiary/aromatic N) is 3. The average Bonchev–Trinajstić information content (AvgIpc) is 3.67. The zero-order valence-corrected chi connectivity index (χ0v) is 35.2. The van der Waals surface area contributed by atoms with Gasteiger partial charge in [0.15, 0.2) is 12.5 Å². The normalized spacial score (nSPS) is 18.0. The molecule has 306 valence electrons. The lowest BCUT2D eigenvalue weighted by molar-refractivity contribution is -0.160. The molecule has 0 saturated carbocycles. The van der Waals surface area contributed by atoms with Crippen molar-refractivity contribution in [3.05, 3.63) is 52.0 Å². The van der Waals surface area contributed by atoms with Crippen LogP contribution in [0.3, 0.4) is 0 Å². The van der Waals surface area contributed by atoms with E-state index in [1.807, 2.05) is 78.9 Å². The molecule has 0 radical (unpaired) electrons. The molecule has 2 heterocycles. The summed E-state index contributed by atoms with van der Waals surface area (Å²) in [6.07, 6.45) is 6.05. The number of thiazole rings is 1. The summed E-state index contributed by atoms with van der Waals surface area (Å²) in [4.78, 5) is 75.5. The number of carbonyl (C=O) groups is 5. The van der Waals surface area contributed by atoms with Gasteiger partial charge >= 0.3 is 5.97 Å². The third-order valence-electron chi connectivity index (χ3n) is 11.1. The molecule has 1 aliphatic rings. The van der Waals surface area contributed by atoms with Crippen LogP contribution in [-0.4, -0.2) is 82.7 Å². The number of esters is 1. The van der Waals surface area contributed by atoms with E-state index in [2.05, 4.69) is 15.6 Å². The van der Waals surface area contributed by atoms with E-state index in [0.29, 0.717) is 25.7 Å². The summed E-state index contributed by atoms with van der Waals surface area (Å²) in [6.45, 7) is 14.5. The number of hydrazine groups is 1. The van der Waals surface area contributed by atoms with Gasteiger partial charge in [-0.15, -0.1) is 11.3 Å². The van der Waals surface area contributed by atoms with E-state index in [1.165, 1.54) is 11.3 Å². The molecule has 2 aromatic rings. The van der Waals surface area contributed by atoms with Crippen molar-refractivity contribution < 1.29 is 28.7 Å². The summed E-state index contributed by atoms with van der Waals surface area (Å²) in [5.41, 5.74) is 3.51. The van der Waals surface area contributed by atoms with Gasteiger partial charge in [-0.25, -0.2) is 10.8 Å². The molecular formula is C42H66N6O6S. The summed E-state index contributed by atoms with van der Waals surface area (Å²) >= 11 is 1.39. The summed E-state index contributed by atoms with van der Waals surface area (Å²) in [5.74, 6) is 3.13. The van der Waals surface area contributed by atoms with Crippen LogP contribution in [0.4, 0.5) is 0 Å². The highest BCUT2D eigenvalue weighted by atomic mass is 32.1. The first-order chi connectivity index (χ1) is 26.2. The number of amides is 3. The molecule has 1 aromatic carbocycles. The molecule has 1 aliphatic heterocycles.